The SMILES string of the molecule is CCCOCCOCC(N)(CC)CC. The minimum Gasteiger partial charge on any atom is -0.379 e. The molecule has 0 bridgehead atoms. The molecular formula is C11H25NO2. The quantitative estimate of drug-likeness (QED) is 0.582. The number of hydrogen-bond donors (Lipinski definition) is 1. The molecule has 0 aliphatic heterocycles. The molecule has 3 nitrogen and oxygen atoms in total. The van der Waals surface area contributed by atoms with Crippen LogP contribution in [0, 0.1) is 0 Å². The summed E-state index contributed by atoms with van der Waals surface area (Å²) in [5, 5.41) is 0. The first-order chi connectivity index (χ1) is 6.68. The third-order valence-corrected chi connectivity index (χ3v) is 2.52. The number of nitrogens with two attached hydrogens (primary N) is 1. The molecule has 86 valence electrons. The van der Waals surface area contributed by atoms with Crippen molar-refractivity contribution in [2.24, 2.45) is 5.73 Å². The zero-order valence-electron chi connectivity index (χ0n) is 9.84. The highest BCUT2D eigenvalue weighted by Gasteiger charge is 2.19. The van der Waals surface area contributed by atoms with E-state index in [-0.39, 0.29) is 5.54 Å². The summed E-state index contributed by atoms with van der Waals surface area (Å²) in [4.78, 5) is 0. The molecule has 0 spiro atoms. The second kappa shape index (κ2) is 8.21. The molecule has 0 fully saturated rings. The van der Waals surface area contributed by atoms with Gasteiger partial charge in [0, 0.05) is 12.1 Å². The molecule has 14 heavy (non-hydrogen) atoms. The lowest BCUT2D eigenvalue weighted by atomic mass is 9.96. The van der Waals surface area contributed by atoms with Crippen LogP contribution in [0.15, 0.2) is 0 Å². The Morgan fingerprint density at radius 3 is 2.00 bits per heavy atom. The van der Waals surface area contributed by atoms with E-state index in [1.54, 1.807) is 0 Å². The molecule has 0 aromatic carbocycles. The molecule has 0 rings (SSSR count). The zero-order chi connectivity index (χ0) is 10.9. The lowest BCUT2D eigenvalue weighted by Gasteiger charge is -2.26. The van der Waals surface area contributed by atoms with Gasteiger partial charge in [-0.05, 0) is 19.3 Å². The summed E-state index contributed by atoms with van der Waals surface area (Å²) in [5.74, 6) is 0. The second-order valence-corrected chi connectivity index (χ2v) is 3.73. The van der Waals surface area contributed by atoms with Gasteiger partial charge in [-0.25, -0.2) is 0 Å². The van der Waals surface area contributed by atoms with Gasteiger partial charge >= 0.3 is 0 Å². The molecule has 0 amide bonds. The van der Waals surface area contributed by atoms with Crippen molar-refractivity contribution in [3.8, 4) is 0 Å². The topological polar surface area (TPSA) is 44.5 Å². The van der Waals surface area contributed by atoms with Crippen LogP contribution in [0.25, 0.3) is 0 Å². The van der Waals surface area contributed by atoms with Gasteiger partial charge < -0.3 is 15.2 Å². The average molecular weight is 203 g/mol. The summed E-state index contributed by atoms with van der Waals surface area (Å²) in [7, 11) is 0. The van der Waals surface area contributed by atoms with Crippen molar-refractivity contribution in [1.29, 1.82) is 0 Å². The Morgan fingerprint density at radius 1 is 0.929 bits per heavy atom. The Labute approximate surface area is 88.0 Å². The fourth-order valence-corrected chi connectivity index (χ4v) is 1.09. The van der Waals surface area contributed by atoms with Gasteiger partial charge in [0.2, 0.25) is 0 Å². The third kappa shape index (κ3) is 6.35. The Kier molecular flexibility index (Phi) is 8.14. The van der Waals surface area contributed by atoms with Gasteiger partial charge in [0.25, 0.3) is 0 Å². The van der Waals surface area contributed by atoms with E-state index in [4.69, 9.17) is 15.2 Å². The van der Waals surface area contributed by atoms with E-state index in [1.165, 1.54) is 0 Å². The fraction of sp³-hybridized carbons (Fsp3) is 1.00. The van der Waals surface area contributed by atoms with E-state index < -0.39 is 0 Å². The summed E-state index contributed by atoms with van der Waals surface area (Å²) in [5.41, 5.74) is 5.92. The highest BCUT2D eigenvalue weighted by Crippen LogP contribution is 2.10. The van der Waals surface area contributed by atoms with E-state index in [0.717, 1.165) is 25.9 Å². The van der Waals surface area contributed by atoms with Crippen molar-refractivity contribution < 1.29 is 9.47 Å². The van der Waals surface area contributed by atoms with E-state index >= 15 is 0 Å². The smallest absolute Gasteiger partial charge is 0.0701 e. The van der Waals surface area contributed by atoms with Gasteiger partial charge in [0.1, 0.15) is 0 Å². The monoisotopic (exact) mass is 203 g/mol. The highest BCUT2D eigenvalue weighted by atomic mass is 16.5. The Hall–Kier alpha value is -0.120. The average Bonchev–Trinajstić information content (AvgIpc) is 2.23. The Bertz CT molecular complexity index is 124. The van der Waals surface area contributed by atoms with Gasteiger partial charge in [-0.3, -0.25) is 0 Å². The van der Waals surface area contributed by atoms with Crippen molar-refractivity contribution in [2.45, 2.75) is 45.6 Å². The van der Waals surface area contributed by atoms with Crippen LogP contribution >= 0.6 is 0 Å². The molecule has 0 aromatic heterocycles. The maximum absolute atomic E-state index is 6.07. The molecule has 2 N–H and O–H groups in total. The number of hydrogen-bond acceptors (Lipinski definition) is 3. The molecule has 0 saturated carbocycles. The van der Waals surface area contributed by atoms with Crippen molar-refractivity contribution in [3.63, 3.8) is 0 Å². The summed E-state index contributed by atoms with van der Waals surface area (Å²) < 4.78 is 10.8. The summed E-state index contributed by atoms with van der Waals surface area (Å²) >= 11 is 0. The van der Waals surface area contributed by atoms with Crippen LogP contribution in [0.1, 0.15) is 40.0 Å². The zero-order valence-corrected chi connectivity index (χ0v) is 9.84. The molecule has 0 unspecified atom stereocenters. The van der Waals surface area contributed by atoms with Crippen molar-refractivity contribution in [1.82, 2.24) is 0 Å². The molecule has 0 saturated heterocycles. The molecule has 0 aliphatic carbocycles. The van der Waals surface area contributed by atoms with Crippen LogP contribution < -0.4 is 5.73 Å². The minimum absolute atomic E-state index is 0.148. The summed E-state index contributed by atoms with van der Waals surface area (Å²) in [6.45, 7) is 9.07. The van der Waals surface area contributed by atoms with E-state index in [1.807, 2.05) is 0 Å². The largest absolute Gasteiger partial charge is 0.379 e. The van der Waals surface area contributed by atoms with E-state index in [2.05, 4.69) is 20.8 Å². The predicted molar refractivity (Wildman–Crippen MR) is 59.4 cm³/mol. The normalized spacial score (nSPS) is 12.0. The predicted octanol–water partition coefficient (Wildman–Crippen LogP) is 1.95. The molecule has 0 atom stereocenters. The maximum Gasteiger partial charge on any atom is 0.0701 e. The number of ether oxygens (including phenoxy) is 2. The number of rotatable bonds is 9. The van der Waals surface area contributed by atoms with Crippen LogP contribution in [0.5, 0.6) is 0 Å². The molecular weight excluding hydrogens is 178 g/mol. The van der Waals surface area contributed by atoms with Crippen LogP contribution in [0.3, 0.4) is 0 Å². The lowest BCUT2D eigenvalue weighted by Crippen LogP contribution is -2.43. The van der Waals surface area contributed by atoms with Crippen molar-refractivity contribution in [3.05, 3.63) is 0 Å². The van der Waals surface area contributed by atoms with Crippen LogP contribution in [-0.4, -0.2) is 32.0 Å². The molecule has 0 aliphatic rings. The first-order valence-corrected chi connectivity index (χ1v) is 5.63. The Morgan fingerprint density at radius 2 is 1.50 bits per heavy atom. The second-order valence-electron chi connectivity index (χ2n) is 3.73. The maximum atomic E-state index is 6.07. The van der Waals surface area contributed by atoms with Gasteiger partial charge in [-0.15, -0.1) is 0 Å². The van der Waals surface area contributed by atoms with Gasteiger partial charge in [0.15, 0.2) is 0 Å². The van der Waals surface area contributed by atoms with Crippen molar-refractivity contribution >= 4 is 0 Å². The van der Waals surface area contributed by atoms with E-state index in [0.29, 0.717) is 19.8 Å². The summed E-state index contributed by atoms with van der Waals surface area (Å²) in [6.07, 6.45) is 2.98. The van der Waals surface area contributed by atoms with Gasteiger partial charge in [-0.2, -0.15) is 0 Å². The Balaban J connectivity index is 3.34. The minimum atomic E-state index is -0.148. The van der Waals surface area contributed by atoms with Gasteiger partial charge in [-0.1, -0.05) is 20.8 Å². The molecule has 0 heterocycles. The first-order valence-electron chi connectivity index (χ1n) is 5.63. The van der Waals surface area contributed by atoms with E-state index in [9.17, 15) is 0 Å². The standard InChI is InChI=1S/C11H25NO2/c1-4-7-13-8-9-14-10-11(12,5-2)6-3/h4-10,12H2,1-3H3. The molecule has 0 aromatic rings. The fourth-order valence-electron chi connectivity index (χ4n) is 1.09. The van der Waals surface area contributed by atoms with Crippen LogP contribution in [0.2, 0.25) is 0 Å². The van der Waals surface area contributed by atoms with Crippen LogP contribution in [0.4, 0.5) is 0 Å². The van der Waals surface area contributed by atoms with Crippen LogP contribution in [-0.2, 0) is 9.47 Å². The third-order valence-electron chi connectivity index (χ3n) is 2.52. The lowest BCUT2D eigenvalue weighted by molar-refractivity contribution is 0.0255. The van der Waals surface area contributed by atoms with Gasteiger partial charge in [0.05, 0.1) is 19.8 Å². The molecule has 3 heteroatoms. The highest BCUT2D eigenvalue weighted by molar-refractivity contribution is 4.80. The molecule has 0 radical (unpaired) electrons. The summed E-state index contributed by atoms with van der Waals surface area (Å²) in [6, 6.07) is 0. The van der Waals surface area contributed by atoms with Crippen molar-refractivity contribution in [2.75, 3.05) is 26.4 Å². The first kappa shape index (κ1) is 13.9.